The normalized spacial score (nSPS) is 12.6. The van der Waals surface area contributed by atoms with Crippen LogP contribution in [0.25, 0.3) is 71.6 Å². The number of fused-ring (bicyclic) bond motifs is 7. The summed E-state index contributed by atoms with van der Waals surface area (Å²) in [4.78, 5) is 2.43. The fourth-order valence-corrected chi connectivity index (χ4v) is 11.0. The Labute approximate surface area is 390 Å². The van der Waals surface area contributed by atoms with Crippen LogP contribution in [0.15, 0.2) is 267 Å². The van der Waals surface area contributed by atoms with E-state index in [2.05, 4.69) is 276 Å². The highest BCUT2D eigenvalue weighted by Crippen LogP contribution is 2.57. The van der Waals surface area contributed by atoms with Crippen molar-refractivity contribution >= 4 is 49.6 Å². The monoisotopic (exact) mass is 852 g/mol. The molecule has 0 saturated carbocycles. The molecular formula is C65H44N2. The predicted octanol–water partition coefficient (Wildman–Crippen LogP) is 17.1. The zero-order chi connectivity index (χ0) is 44.3. The summed E-state index contributed by atoms with van der Waals surface area (Å²) in [5.41, 5.74) is 18.7. The maximum Gasteiger partial charge on any atom is 0.0714 e. The van der Waals surface area contributed by atoms with Gasteiger partial charge in [-0.3, -0.25) is 0 Å². The predicted molar refractivity (Wildman–Crippen MR) is 281 cm³/mol. The van der Waals surface area contributed by atoms with E-state index < -0.39 is 5.41 Å². The van der Waals surface area contributed by atoms with E-state index in [9.17, 15) is 0 Å². The summed E-state index contributed by atoms with van der Waals surface area (Å²) in [5, 5.41) is 4.94. The molecule has 0 unspecified atom stereocenters. The highest BCUT2D eigenvalue weighted by atomic mass is 15.1. The van der Waals surface area contributed by atoms with Gasteiger partial charge in [-0.1, -0.05) is 200 Å². The lowest BCUT2D eigenvalue weighted by Crippen LogP contribution is -2.28. The fourth-order valence-electron chi connectivity index (χ4n) is 11.0. The topological polar surface area (TPSA) is 8.17 Å². The second-order valence-electron chi connectivity index (χ2n) is 17.7. The molecule has 0 spiro atoms. The van der Waals surface area contributed by atoms with Crippen LogP contribution in [0.5, 0.6) is 0 Å². The number of para-hydroxylation sites is 2. The summed E-state index contributed by atoms with van der Waals surface area (Å²) >= 11 is 0. The average Bonchev–Trinajstić information content (AvgIpc) is 3.90. The zero-order valence-corrected chi connectivity index (χ0v) is 36.8. The highest BCUT2D eigenvalue weighted by molar-refractivity contribution is 6.10. The van der Waals surface area contributed by atoms with E-state index >= 15 is 0 Å². The average molecular weight is 853 g/mol. The molecule has 67 heavy (non-hydrogen) atoms. The molecule has 2 heteroatoms. The Hall–Kier alpha value is -8.72. The van der Waals surface area contributed by atoms with Crippen LogP contribution in [0.1, 0.15) is 22.3 Å². The Morgan fingerprint density at radius 1 is 0.299 bits per heavy atom. The van der Waals surface area contributed by atoms with Crippen molar-refractivity contribution in [1.82, 2.24) is 4.57 Å². The van der Waals surface area contributed by atoms with Crippen LogP contribution in [-0.2, 0) is 5.41 Å². The second-order valence-corrected chi connectivity index (χ2v) is 17.7. The molecule has 0 bridgehead atoms. The van der Waals surface area contributed by atoms with Gasteiger partial charge in [-0.15, -0.1) is 0 Å². The molecule has 1 aromatic heterocycles. The first kappa shape index (κ1) is 38.7. The van der Waals surface area contributed by atoms with Gasteiger partial charge in [-0.2, -0.15) is 0 Å². The largest absolute Gasteiger partial charge is 0.310 e. The number of benzene rings is 11. The van der Waals surface area contributed by atoms with Gasteiger partial charge in [-0.25, -0.2) is 0 Å². The van der Waals surface area contributed by atoms with Crippen LogP contribution < -0.4 is 4.90 Å². The third-order valence-electron chi connectivity index (χ3n) is 14.0. The molecule has 0 saturated heterocycles. The van der Waals surface area contributed by atoms with Gasteiger partial charge in [0.15, 0.2) is 0 Å². The van der Waals surface area contributed by atoms with E-state index in [-0.39, 0.29) is 0 Å². The minimum atomic E-state index is -0.503. The molecule has 2 nitrogen and oxygen atoms in total. The number of hydrogen-bond acceptors (Lipinski definition) is 1. The van der Waals surface area contributed by atoms with Crippen molar-refractivity contribution in [3.63, 3.8) is 0 Å². The molecule has 12 aromatic rings. The van der Waals surface area contributed by atoms with Crippen LogP contribution in [-0.4, -0.2) is 4.57 Å². The molecule has 0 N–H and O–H groups in total. The van der Waals surface area contributed by atoms with E-state index in [1.165, 1.54) is 88.2 Å². The van der Waals surface area contributed by atoms with Crippen molar-refractivity contribution in [2.75, 3.05) is 4.90 Å². The van der Waals surface area contributed by atoms with Crippen LogP contribution >= 0.6 is 0 Å². The molecule has 13 rings (SSSR count). The van der Waals surface area contributed by atoms with Gasteiger partial charge in [-0.05, 0) is 133 Å². The second kappa shape index (κ2) is 15.8. The van der Waals surface area contributed by atoms with Gasteiger partial charge in [0.25, 0.3) is 0 Å². The lowest BCUT2D eigenvalue weighted by Gasteiger charge is -2.35. The van der Waals surface area contributed by atoms with Crippen LogP contribution in [0.2, 0.25) is 0 Å². The van der Waals surface area contributed by atoms with Gasteiger partial charge in [0.2, 0.25) is 0 Å². The summed E-state index contributed by atoms with van der Waals surface area (Å²) in [5.74, 6) is 0. The maximum absolute atomic E-state index is 2.45. The molecule has 0 fully saturated rings. The smallest absolute Gasteiger partial charge is 0.0714 e. The SMILES string of the molecule is c1ccc(-n2c3ccccc3c3ccc(-c4cccc(-c5ccc(N(c6ccc7c(c6)C(c6ccccc6)(c6ccccc6)c6ccccc6-7)c6ccc7ccccc7c6)cc5)c4)cc32)cc1. The van der Waals surface area contributed by atoms with Crippen LogP contribution in [0.3, 0.4) is 0 Å². The maximum atomic E-state index is 2.45. The van der Waals surface area contributed by atoms with Gasteiger partial charge in [0, 0.05) is 33.5 Å². The standard InChI is InChI=1S/C65H44N2/c1-4-21-51(22-5-1)65(52-23-6-2-7-24-52)61-29-14-12-27-57(61)58-40-38-56(44-62(58)65)66(55-37-33-45-17-10-11-18-49(45)42-55)54-35-31-46(32-36-54)47-19-16-20-48(41-47)50-34-39-60-59-28-13-15-30-63(59)67(64(60)43-50)53-25-8-3-9-26-53/h1-44H. The molecular weight excluding hydrogens is 809 g/mol. The Bertz CT molecular complexity index is 3750. The Balaban J connectivity index is 0.933. The quantitative estimate of drug-likeness (QED) is 0.148. The van der Waals surface area contributed by atoms with Gasteiger partial charge in [0.1, 0.15) is 0 Å². The Morgan fingerprint density at radius 3 is 1.63 bits per heavy atom. The number of nitrogens with zero attached hydrogens (tertiary/aromatic N) is 2. The third kappa shape index (κ3) is 6.26. The van der Waals surface area contributed by atoms with Gasteiger partial charge in [0.05, 0.1) is 16.4 Å². The minimum Gasteiger partial charge on any atom is -0.310 e. The molecule has 1 aliphatic rings. The molecule has 0 atom stereocenters. The number of hydrogen-bond donors (Lipinski definition) is 0. The zero-order valence-electron chi connectivity index (χ0n) is 36.8. The fraction of sp³-hybridized carbons (Fsp3) is 0.0154. The molecule has 1 aliphatic carbocycles. The Morgan fingerprint density at radius 2 is 0.851 bits per heavy atom. The van der Waals surface area contributed by atoms with Crippen molar-refractivity contribution in [1.29, 1.82) is 0 Å². The van der Waals surface area contributed by atoms with Gasteiger partial charge >= 0.3 is 0 Å². The van der Waals surface area contributed by atoms with Crippen molar-refractivity contribution in [2.24, 2.45) is 0 Å². The van der Waals surface area contributed by atoms with Crippen molar-refractivity contribution in [2.45, 2.75) is 5.41 Å². The molecule has 1 heterocycles. The lowest BCUT2D eigenvalue weighted by molar-refractivity contribution is 0.768. The summed E-state index contributed by atoms with van der Waals surface area (Å²) in [7, 11) is 0. The summed E-state index contributed by atoms with van der Waals surface area (Å²) in [6, 6.07) is 98.1. The molecule has 0 aliphatic heterocycles. The first-order valence-corrected chi connectivity index (χ1v) is 23.2. The minimum absolute atomic E-state index is 0.503. The Kier molecular flexibility index (Phi) is 9.11. The van der Waals surface area contributed by atoms with E-state index in [4.69, 9.17) is 0 Å². The molecule has 11 aromatic carbocycles. The molecule has 0 amide bonds. The third-order valence-corrected chi connectivity index (χ3v) is 14.0. The first-order chi connectivity index (χ1) is 33.2. The van der Waals surface area contributed by atoms with Crippen molar-refractivity contribution in [3.05, 3.63) is 289 Å². The number of anilines is 3. The van der Waals surface area contributed by atoms with E-state index in [0.29, 0.717) is 0 Å². The summed E-state index contributed by atoms with van der Waals surface area (Å²) < 4.78 is 2.39. The molecule has 0 radical (unpaired) electrons. The first-order valence-electron chi connectivity index (χ1n) is 23.2. The lowest BCUT2D eigenvalue weighted by atomic mass is 9.67. The van der Waals surface area contributed by atoms with Crippen molar-refractivity contribution in [3.8, 4) is 39.1 Å². The number of aromatic nitrogens is 1. The highest BCUT2D eigenvalue weighted by Gasteiger charge is 2.46. The molecule has 314 valence electrons. The summed E-state index contributed by atoms with van der Waals surface area (Å²) in [6.45, 7) is 0. The van der Waals surface area contributed by atoms with E-state index in [0.717, 1.165) is 22.7 Å². The number of rotatable bonds is 8. The van der Waals surface area contributed by atoms with E-state index in [1.807, 2.05) is 0 Å². The van der Waals surface area contributed by atoms with Crippen LogP contribution in [0.4, 0.5) is 17.1 Å². The van der Waals surface area contributed by atoms with Gasteiger partial charge < -0.3 is 9.47 Å². The summed E-state index contributed by atoms with van der Waals surface area (Å²) in [6.07, 6.45) is 0. The van der Waals surface area contributed by atoms with E-state index in [1.54, 1.807) is 0 Å². The van der Waals surface area contributed by atoms with Crippen LogP contribution in [0, 0.1) is 0 Å². The van der Waals surface area contributed by atoms with Crippen molar-refractivity contribution < 1.29 is 0 Å².